The van der Waals surface area contributed by atoms with Gasteiger partial charge in [-0.2, -0.15) is 0 Å². The number of amides is 2. The second-order valence-corrected chi connectivity index (χ2v) is 9.41. The highest BCUT2D eigenvalue weighted by atomic mass is 35.5. The molecule has 0 aliphatic carbocycles. The van der Waals surface area contributed by atoms with Gasteiger partial charge in [0.25, 0.3) is 0 Å². The summed E-state index contributed by atoms with van der Waals surface area (Å²) < 4.78 is 0. The Balaban J connectivity index is 2.13. The Morgan fingerprint density at radius 1 is 1.10 bits per heavy atom. The van der Waals surface area contributed by atoms with Gasteiger partial charge in [-0.25, -0.2) is 0 Å². The summed E-state index contributed by atoms with van der Waals surface area (Å²) >= 11 is 7.56. The van der Waals surface area contributed by atoms with Crippen molar-refractivity contribution < 1.29 is 9.59 Å². The van der Waals surface area contributed by atoms with Crippen LogP contribution in [0.25, 0.3) is 0 Å². The zero-order chi connectivity index (χ0) is 22.8. The molecule has 31 heavy (non-hydrogen) atoms. The highest BCUT2D eigenvalue weighted by Crippen LogP contribution is 2.22. The Morgan fingerprint density at radius 3 is 2.42 bits per heavy atom. The van der Waals surface area contributed by atoms with E-state index in [4.69, 9.17) is 11.6 Å². The van der Waals surface area contributed by atoms with Gasteiger partial charge in [0, 0.05) is 34.7 Å². The normalized spacial score (nSPS) is 12.8. The predicted octanol–water partition coefficient (Wildman–Crippen LogP) is 5.85. The Bertz CT molecular complexity index is 857. The van der Waals surface area contributed by atoms with Gasteiger partial charge in [0.1, 0.15) is 6.04 Å². The number of aryl methyl sites for hydroxylation is 1. The maximum Gasteiger partial charge on any atom is 0.243 e. The van der Waals surface area contributed by atoms with Crippen LogP contribution >= 0.6 is 23.4 Å². The summed E-state index contributed by atoms with van der Waals surface area (Å²) in [5, 5.41) is 3.75. The van der Waals surface area contributed by atoms with E-state index in [1.165, 1.54) is 0 Å². The summed E-state index contributed by atoms with van der Waals surface area (Å²) in [4.78, 5) is 29.0. The fourth-order valence-electron chi connectivity index (χ4n) is 3.30. The molecule has 2 unspecified atom stereocenters. The van der Waals surface area contributed by atoms with Crippen molar-refractivity contribution in [3.05, 3.63) is 64.7 Å². The van der Waals surface area contributed by atoms with Crippen LogP contribution < -0.4 is 5.32 Å². The monoisotopic (exact) mass is 460 g/mol. The molecule has 2 rings (SSSR count). The smallest absolute Gasteiger partial charge is 0.243 e. The topological polar surface area (TPSA) is 49.4 Å². The van der Waals surface area contributed by atoms with E-state index in [2.05, 4.69) is 11.4 Å². The van der Waals surface area contributed by atoms with Crippen molar-refractivity contribution in [3.63, 3.8) is 0 Å². The zero-order valence-electron chi connectivity index (χ0n) is 18.9. The van der Waals surface area contributed by atoms with E-state index in [1.807, 2.05) is 70.2 Å². The first-order valence-corrected chi connectivity index (χ1v) is 12.2. The Labute approximate surface area is 195 Å². The van der Waals surface area contributed by atoms with Gasteiger partial charge in [-0.1, -0.05) is 55.3 Å². The van der Waals surface area contributed by atoms with Gasteiger partial charge >= 0.3 is 0 Å². The van der Waals surface area contributed by atoms with Crippen LogP contribution in [0.2, 0.25) is 5.02 Å². The summed E-state index contributed by atoms with van der Waals surface area (Å²) in [6.45, 7) is 8.44. The van der Waals surface area contributed by atoms with Crippen molar-refractivity contribution in [2.45, 2.75) is 70.5 Å². The van der Waals surface area contributed by atoms with Crippen LogP contribution in [0, 0.1) is 6.92 Å². The van der Waals surface area contributed by atoms with E-state index in [0.29, 0.717) is 30.2 Å². The van der Waals surface area contributed by atoms with Crippen molar-refractivity contribution in [2.75, 3.05) is 5.75 Å². The number of nitrogens with one attached hydrogen (secondary N) is 1. The molecule has 2 atom stereocenters. The maximum atomic E-state index is 13.2. The number of carbonyl (C=O) groups excluding carboxylic acids is 2. The van der Waals surface area contributed by atoms with Gasteiger partial charge in [0.05, 0.1) is 0 Å². The van der Waals surface area contributed by atoms with E-state index in [9.17, 15) is 9.59 Å². The fraction of sp³-hybridized carbons (Fsp3) is 0.440. The molecule has 1 N–H and O–H groups in total. The number of carbonyl (C=O) groups is 2. The molecule has 0 saturated heterocycles. The average Bonchev–Trinajstić information content (AvgIpc) is 2.74. The van der Waals surface area contributed by atoms with E-state index in [0.717, 1.165) is 22.4 Å². The van der Waals surface area contributed by atoms with Crippen molar-refractivity contribution in [3.8, 4) is 0 Å². The van der Waals surface area contributed by atoms with E-state index in [-0.39, 0.29) is 17.9 Å². The van der Waals surface area contributed by atoms with Crippen LogP contribution in [0.5, 0.6) is 0 Å². The van der Waals surface area contributed by atoms with Crippen LogP contribution in [0.4, 0.5) is 0 Å². The van der Waals surface area contributed by atoms with Crippen LogP contribution in [0.15, 0.2) is 53.4 Å². The lowest BCUT2D eigenvalue weighted by atomic mass is 10.1. The average molecular weight is 461 g/mol. The Kier molecular flexibility index (Phi) is 10.4. The van der Waals surface area contributed by atoms with Crippen LogP contribution in [-0.4, -0.2) is 34.6 Å². The highest BCUT2D eigenvalue weighted by Gasteiger charge is 2.29. The van der Waals surface area contributed by atoms with Gasteiger partial charge in [-0.15, -0.1) is 11.8 Å². The molecule has 4 nitrogen and oxygen atoms in total. The molecule has 0 aliphatic heterocycles. The summed E-state index contributed by atoms with van der Waals surface area (Å²) in [5.74, 6) is 0.561. The van der Waals surface area contributed by atoms with Gasteiger partial charge in [-0.05, 0) is 56.5 Å². The molecule has 2 aromatic carbocycles. The molecule has 6 heteroatoms. The molecule has 0 radical (unpaired) electrons. The largest absolute Gasteiger partial charge is 0.352 e. The molecular weight excluding hydrogens is 428 g/mol. The second-order valence-electron chi connectivity index (χ2n) is 7.81. The van der Waals surface area contributed by atoms with Crippen molar-refractivity contribution in [1.82, 2.24) is 10.2 Å². The summed E-state index contributed by atoms with van der Waals surface area (Å²) in [5.41, 5.74) is 2.17. The van der Waals surface area contributed by atoms with Gasteiger partial charge in [0.2, 0.25) is 11.8 Å². The first-order chi connectivity index (χ1) is 14.8. The zero-order valence-corrected chi connectivity index (χ0v) is 20.4. The third-order valence-corrected chi connectivity index (χ3v) is 6.49. The quantitative estimate of drug-likeness (QED) is 0.427. The maximum absolute atomic E-state index is 13.2. The van der Waals surface area contributed by atoms with Gasteiger partial charge < -0.3 is 10.2 Å². The summed E-state index contributed by atoms with van der Waals surface area (Å²) in [6, 6.07) is 15.3. The summed E-state index contributed by atoms with van der Waals surface area (Å²) in [7, 11) is 0. The molecule has 2 aromatic rings. The molecule has 0 aromatic heterocycles. The molecule has 168 valence electrons. The number of nitrogens with zero attached hydrogens (tertiary/aromatic N) is 1. The number of rotatable bonds is 11. The van der Waals surface area contributed by atoms with Crippen LogP contribution in [-0.2, 0) is 16.1 Å². The molecule has 0 aliphatic rings. The molecular formula is C25H33ClN2O2S. The lowest BCUT2D eigenvalue weighted by Gasteiger charge is -2.31. The van der Waals surface area contributed by atoms with E-state index >= 15 is 0 Å². The number of hydrogen-bond acceptors (Lipinski definition) is 3. The molecule has 0 saturated carbocycles. The minimum Gasteiger partial charge on any atom is -0.352 e. The number of thioether (sulfide) groups is 1. The summed E-state index contributed by atoms with van der Waals surface area (Å²) in [6.07, 6.45) is 1.79. The van der Waals surface area contributed by atoms with Crippen molar-refractivity contribution in [2.24, 2.45) is 0 Å². The SMILES string of the molecule is CCC(C)NC(=O)C(CC)N(Cc1cccc(C)c1)C(=O)CCSc1ccc(Cl)cc1. The van der Waals surface area contributed by atoms with Crippen LogP contribution in [0.1, 0.15) is 51.2 Å². The molecule has 0 fully saturated rings. The number of hydrogen-bond donors (Lipinski definition) is 1. The first kappa shape index (κ1) is 25.3. The predicted molar refractivity (Wildman–Crippen MR) is 130 cm³/mol. The van der Waals surface area contributed by atoms with Crippen molar-refractivity contribution in [1.29, 1.82) is 0 Å². The molecule has 0 bridgehead atoms. The lowest BCUT2D eigenvalue weighted by Crippen LogP contribution is -2.50. The highest BCUT2D eigenvalue weighted by molar-refractivity contribution is 7.99. The second kappa shape index (κ2) is 12.8. The van der Waals surface area contributed by atoms with Gasteiger partial charge in [0.15, 0.2) is 0 Å². The number of benzene rings is 2. The molecule has 2 amide bonds. The molecule has 0 spiro atoms. The molecule has 0 heterocycles. The standard InChI is InChI=1S/C25H33ClN2O2S/c1-5-19(4)27-25(30)23(6-2)28(17-20-9-7-8-18(3)16-20)24(29)14-15-31-22-12-10-21(26)11-13-22/h7-13,16,19,23H,5-6,14-15,17H2,1-4H3,(H,27,30). The van der Waals surface area contributed by atoms with Crippen LogP contribution in [0.3, 0.4) is 0 Å². The minimum atomic E-state index is -0.484. The fourth-order valence-corrected chi connectivity index (χ4v) is 4.27. The van der Waals surface area contributed by atoms with Gasteiger partial charge in [-0.3, -0.25) is 9.59 Å². The third-order valence-electron chi connectivity index (χ3n) is 5.22. The van der Waals surface area contributed by atoms with Crippen molar-refractivity contribution >= 4 is 35.2 Å². The third kappa shape index (κ3) is 8.23. The first-order valence-electron chi connectivity index (χ1n) is 10.9. The Hall–Kier alpha value is -1.98. The number of halogens is 1. The minimum absolute atomic E-state index is 0.00544. The van der Waals surface area contributed by atoms with E-state index in [1.54, 1.807) is 16.7 Å². The van der Waals surface area contributed by atoms with E-state index < -0.39 is 6.04 Å². The Morgan fingerprint density at radius 2 is 1.81 bits per heavy atom. The lowest BCUT2D eigenvalue weighted by molar-refractivity contribution is -0.141.